The molecule has 104 valence electrons. The molecule has 2 rings (SSSR count). The van der Waals surface area contributed by atoms with E-state index in [0.717, 1.165) is 5.56 Å². The first-order valence-corrected chi connectivity index (χ1v) is 6.36. The van der Waals surface area contributed by atoms with E-state index < -0.39 is 0 Å². The van der Waals surface area contributed by atoms with Gasteiger partial charge in [0.25, 0.3) is 5.91 Å². The summed E-state index contributed by atoms with van der Waals surface area (Å²) in [5, 5.41) is 19.0. The van der Waals surface area contributed by atoms with Gasteiger partial charge in [0.1, 0.15) is 5.75 Å². The quantitative estimate of drug-likeness (QED) is 0.834. The Kier molecular flexibility index (Phi) is 4.07. The fourth-order valence-corrected chi connectivity index (χ4v) is 2.19. The van der Waals surface area contributed by atoms with Crippen molar-refractivity contribution in [1.29, 1.82) is 0 Å². The van der Waals surface area contributed by atoms with Gasteiger partial charge in [0.2, 0.25) is 0 Å². The summed E-state index contributed by atoms with van der Waals surface area (Å²) in [6.07, 6.45) is -0.354. The average molecular weight is 265 g/mol. The summed E-state index contributed by atoms with van der Waals surface area (Å²) in [4.78, 5) is 14.1. The minimum absolute atomic E-state index is 0.00996. The van der Waals surface area contributed by atoms with Gasteiger partial charge in [-0.3, -0.25) is 4.79 Å². The molecule has 2 atom stereocenters. The van der Waals surface area contributed by atoms with Gasteiger partial charge in [-0.05, 0) is 31.5 Å². The molecular formula is C14H19NO4. The van der Waals surface area contributed by atoms with Gasteiger partial charge >= 0.3 is 0 Å². The van der Waals surface area contributed by atoms with Crippen LogP contribution in [0.15, 0.2) is 18.2 Å². The van der Waals surface area contributed by atoms with Gasteiger partial charge in [-0.2, -0.15) is 0 Å². The van der Waals surface area contributed by atoms with Crippen LogP contribution in [0.2, 0.25) is 0 Å². The molecule has 0 spiro atoms. The number of rotatable bonds is 2. The maximum atomic E-state index is 12.4. The Morgan fingerprint density at radius 1 is 1.53 bits per heavy atom. The highest BCUT2D eigenvalue weighted by atomic mass is 16.5. The Morgan fingerprint density at radius 3 is 2.89 bits per heavy atom. The third-order valence-electron chi connectivity index (χ3n) is 3.35. The van der Waals surface area contributed by atoms with Crippen LogP contribution in [0.1, 0.15) is 22.8 Å². The van der Waals surface area contributed by atoms with Gasteiger partial charge in [-0.1, -0.05) is 6.07 Å². The molecule has 0 radical (unpaired) electrons. The summed E-state index contributed by atoms with van der Waals surface area (Å²) >= 11 is 0. The van der Waals surface area contributed by atoms with Crippen LogP contribution in [0.4, 0.5) is 0 Å². The van der Waals surface area contributed by atoms with Gasteiger partial charge in [0, 0.05) is 6.54 Å². The lowest BCUT2D eigenvalue weighted by atomic mass is 10.1. The topological polar surface area (TPSA) is 70.0 Å². The monoisotopic (exact) mass is 265 g/mol. The Balaban J connectivity index is 2.22. The predicted octanol–water partition coefficient (Wildman–Crippen LogP) is 0.922. The van der Waals surface area contributed by atoms with Crippen LogP contribution in [0, 0.1) is 6.92 Å². The van der Waals surface area contributed by atoms with Crippen LogP contribution in [-0.2, 0) is 4.74 Å². The number of morpholine rings is 1. The van der Waals surface area contributed by atoms with Gasteiger partial charge in [0.15, 0.2) is 0 Å². The number of carbonyl (C=O) groups is 1. The SMILES string of the molecule is Cc1ccc(C(=O)N2CC(CO)OCC2C)c(O)c1. The Hall–Kier alpha value is -1.59. The number of hydrogen-bond acceptors (Lipinski definition) is 4. The van der Waals surface area contributed by atoms with Gasteiger partial charge < -0.3 is 19.8 Å². The molecular weight excluding hydrogens is 246 g/mol. The standard InChI is InChI=1S/C14H19NO4/c1-9-3-4-12(13(17)5-9)14(18)15-6-11(7-16)19-8-10(15)2/h3-5,10-11,16-17H,6-8H2,1-2H3. The lowest BCUT2D eigenvalue weighted by Crippen LogP contribution is -2.52. The van der Waals surface area contributed by atoms with Crippen LogP contribution in [0.5, 0.6) is 5.75 Å². The summed E-state index contributed by atoms with van der Waals surface area (Å²) in [6.45, 7) is 4.35. The zero-order valence-corrected chi connectivity index (χ0v) is 11.2. The van der Waals surface area contributed by atoms with Gasteiger partial charge in [0.05, 0.1) is 30.9 Å². The maximum Gasteiger partial charge on any atom is 0.258 e. The van der Waals surface area contributed by atoms with Crippen molar-refractivity contribution in [2.24, 2.45) is 0 Å². The fraction of sp³-hybridized carbons (Fsp3) is 0.500. The van der Waals surface area contributed by atoms with Gasteiger partial charge in [-0.25, -0.2) is 0 Å². The van der Waals surface area contributed by atoms with Crippen molar-refractivity contribution in [3.05, 3.63) is 29.3 Å². The van der Waals surface area contributed by atoms with Gasteiger partial charge in [-0.15, -0.1) is 0 Å². The Morgan fingerprint density at radius 2 is 2.26 bits per heavy atom. The molecule has 1 saturated heterocycles. The molecule has 1 heterocycles. The molecule has 1 aromatic carbocycles. The molecule has 1 aliphatic heterocycles. The first kappa shape index (κ1) is 13.8. The number of aliphatic hydroxyl groups excluding tert-OH is 1. The first-order valence-electron chi connectivity index (χ1n) is 6.36. The van der Waals surface area contributed by atoms with Crippen LogP contribution < -0.4 is 0 Å². The number of carbonyl (C=O) groups excluding carboxylic acids is 1. The molecule has 5 heteroatoms. The molecule has 1 aliphatic rings. The molecule has 1 aromatic rings. The molecule has 1 amide bonds. The molecule has 0 aliphatic carbocycles. The van der Waals surface area contributed by atoms with Crippen molar-refractivity contribution in [2.75, 3.05) is 19.8 Å². The number of nitrogens with zero attached hydrogens (tertiary/aromatic N) is 1. The van der Waals surface area contributed by atoms with Crippen LogP contribution in [-0.4, -0.2) is 52.9 Å². The van der Waals surface area contributed by atoms with Crippen LogP contribution in [0.3, 0.4) is 0 Å². The molecule has 0 saturated carbocycles. The first-order chi connectivity index (χ1) is 9.02. The number of phenols is 1. The molecule has 5 nitrogen and oxygen atoms in total. The average Bonchev–Trinajstić information content (AvgIpc) is 2.38. The number of aryl methyl sites for hydroxylation is 1. The van der Waals surface area contributed by atoms with E-state index in [1.807, 2.05) is 13.8 Å². The summed E-state index contributed by atoms with van der Waals surface area (Å²) in [7, 11) is 0. The van der Waals surface area contributed by atoms with Crippen molar-refractivity contribution in [3.8, 4) is 5.75 Å². The van der Waals surface area contributed by atoms with Crippen LogP contribution in [0.25, 0.3) is 0 Å². The van der Waals surface area contributed by atoms with E-state index in [4.69, 9.17) is 9.84 Å². The van der Waals surface area contributed by atoms with E-state index in [1.54, 1.807) is 23.1 Å². The van der Waals surface area contributed by atoms with E-state index in [2.05, 4.69) is 0 Å². The van der Waals surface area contributed by atoms with E-state index in [9.17, 15) is 9.90 Å². The smallest absolute Gasteiger partial charge is 0.258 e. The number of hydrogen-bond donors (Lipinski definition) is 2. The van der Waals surface area contributed by atoms with Crippen molar-refractivity contribution < 1.29 is 19.7 Å². The molecule has 1 fully saturated rings. The van der Waals surface area contributed by atoms with Crippen molar-refractivity contribution >= 4 is 5.91 Å². The van der Waals surface area contributed by atoms with Crippen molar-refractivity contribution in [2.45, 2.75) is 26.0 Å². The summed E-state index contributed by atoms with van der Waals surface area (Å²) in [6, 6.07) is 4.92. The zero-order chi connectivity index (χ0) is 14.0. The van der Waals surface area contributed by atoms with E-state index >= 15 is 0 Å². The van der Waals surface area contributed by atoms with Crippen LogP contribution >= 0.6 is 0 Å². The minimum Gasteiger partial charge on any atom is -0.507 e. The maximum absolute atomic E-state index is 12.4. The summed E-state index contributed by atoms with van der Waals surface area (Å²) in [5.74, 6) is -0.240. The van der Waals surface area contributed by atoms with Crippen molar-refractivity contribution in [3.63, 3.8) is 0 Å². The fourth-order valence-electron chi connectivity index (χ4n) is 2.19. The Labute approximate surface area is 112 Å². The molecule has 0 bridgehead atoms. The molecule has 2 N–H and O–H groups in total. The lowest BCUT2D eigenvalue weighted by Gasteiger charge is -2.37. The van der Waals surface area contributed by atoms with E-state index in [-0.39, 0.29) is 36.0 Å². The number of ether oxygens (including phenoxy) is 1. The van der Waals surface area contributed by atoms with E-state index in [1.165, 1.54) is 0 Å². The predicted molar refractivity (Wildman–Crippen MR) is 70.2 cm³/mol. The highest BCUT2D eigenvalue weighted by Crippen LogP contribution is 2.23. The third kappa shape index (κ3) is 2.88. The third-order valence-corrected chi connectivity index (χ3v) is 3.35. The Bertz CT molecular complexity index is 475. The molecule has 2 unspecified atom stereocenters. The number of amides is 1. The number of aromatic hydroxyl groups is 1. The zero-order valence-electron chi connectivity index (χ0n) is 11.2. The summed E-state index contributed by atoms with van der Waals surface area (Å²) < 4.78 is 5.40. The highest BCUT2D eigenvalue weighted by molar-refractivity contribution is 5.97. The second-order valence-corrected chi connectivity index (χ2v) is 4.97. The lowest BCUT2D eigenvalue weighted by molar-refractivity contribution is -0.0667. The minimum atomic E-state index is -0.354. The number of phenolic OH excluding ortho intramolecular Hbond substituents is 1. The summed E-state index contributed by atoms with van der Waals surface area (Å²) in [5.41, 5.74) is 1.19. The molecule has 0 aromatic heterocycles. The van der Waals surface area contributed by atoms with Crippen molar-refractivity contribution in [1.82, 2.24) is 4.90 Å². The van der Waals surface area contributed by atoms with E-state index in [0.29, 0.717) is 13.2 Å². The second kappa shape index (κ2) is 5.59. The molecule has 19 heavy (non-hydrogen) atoms. The normalized spacial score (nSPS) is 23.4. The largest absolute Gasteiger partial charge is 0.507 e. The number of aliphatic hydroxyl groups is 1. The number of benzene rings is 1. The highest BCUT2D eigenvalue weighted by Gasteiger charge is 2.30. The second-order valence-electron chi connectivity index (χ2n) is 4.97.